The van der Waals surface area contributed by atoms with E-state index in [1.165, 1.54) is 12.1 Å². The lowest BCUT2D eigenvalue weighted by Crippen LogP contribution is -2.18. The molecule has 0 aliphatic heterocycles. The Morgan fingerprint density at radius 2 is 1.74 bits per heavy atom. The molecule has 8 nitrogen and oxygen atoms in total. The molecular formula is C29H23FN6O2. The number of imidazole rings is 1. The molecule has 3 aromatic carbocycles. The van der Waals surface area contributed by atoms with Crippen LogP contribution in [0.5, 0.6) is 0 Å². The van der Waals surface area contributed by atoms with Crippen molar-refractivity contribution < 1.29 is 13.6 Å². The van der Waals surface area contributed by atoms with Crippen molar-refractivity contribution in [2.75, 3.05) is 26.0 Å². The van der Waals surface area contributed by atoms with E-state index in [0.717, 1.165) is 22.4 Å². The predicted molar refractivity (Wildman–Crippen MR) is 145 cm³/mol. The fourth-order valence-corrected chi connectivity index (χ4v) is 4.61. The molecule has 1 amide bonds. The zero-order chi connectivity index (χ0) is 26.4. The van der Waals surface area contributed by atoms with Gasteiger partial charge in [0.1, 0.15) is 23.0 Å². The van der Waals surface area contributed by atoms with Crippen molar-refractivity contribution in [3.05, 3.63) is 84.4 Å². The van der Waals surface area contributed by atoms with Gasteiger partial charge in [0.25, 0.3) is 5.91 Å². The number of furan rings is 1. The van der Waals surface area contributed by atoms with Crippen molar-refractivity contribution in [1.29, 1.82) is 0 Å². The first-order valence-electron chi connectivity index (χ1n) is 12.0. The normalized spacial score (nSPS) is 11.3. The van der Waals surface area contributed by atoms with Crippen molar-refractivity contribution in [3.8, 4) is 33.8 Å². The molecule has 188 valence electrons. The van der Waals surface area contributed by atoms with Crippen LogP contribution in [0, 0.1) is 5.82 Å². The van der Waals surface area contributed by atoms with Crippen LogP contribution in [0.15, 0.2) is 77.5 Å². The van der Waals surface area contributed by atoms with Crippen LogP contribution in [-0.2, 0) is 0 Å². The van der Waals surface area contributed by atoms with Gasteiger partial charge in [-0.25, -0.2) is 19.3 Å². The van der Waals surface area contributed by atoms with E-state index >= 15 is 0 Å². The molecule has 0 unspecified atom stereocenters. The van der Waals surface area contributed by atoms with Crippen LogP contribution in [0.2, 0.25) is 0 Å². The van der Waals surface area contributed by atoms with Crippen LogP contribution >= 0.6 is 0 Å². The van der Waals surface area contributed by atoms with E-state index in [-0.39, 0.29) is 11.7 Å². The average molecular weight is 507 g/mol. The quantitative estimate of drug-likeness (QED) is 0.313. The molecular weight excluding hydrogens is 483 g/mol. The first-order chi connectivity index (χ1) is 18.4. The minimum absolute atomic E-state index is 0.289. The van der Waals surface area contributed by atoms with E-state index in [4.69, 9.17) is 4.42 Å². The Kier molecular flexibility index (Phi) is 5.60. The lowest BCUT2D eigenvalue weighted by molar-refractivity contribution is 0.0964. The number of amides is 1. The third kappa shape index (κ3) is 3.94. The highest BCUT2D eigenvalue weighted by Gasteiger charge is 2.24. The van der Waals surface area contributed by atoms with Crippen LogP contribution in [0.25, 0.3) is 56.1 Å². The number of nitrogens with one attached hydrogen (secondary N) is 2. The lowest BCUT2D eigenvalue weighted by Gasteiger charge is -2.18. The first-order valence-corrected chi connectivity index (χ1v) is 12.0. The average Bonchev–Trinajstić information content (AvgIpc) is 3.54. The number of carbonyl (C=O) groups excluding carboxylic acids is 1. The SMILES string of the molecule is CNC(=O)c1c(-c2ccc(F)cc2)oc2cc(N(C)C)c(-c3cccc(-c4nc5nccnc5[nH]4)c3)cc12. The Bertz CT molecular complexity index is 1790. The monoisotopic (exact) mass is 506 g/mol. The molecule has 3 aromatic heterocycles. The highest BCUT2D eigenvalue weighted by Crippen LogP contribution is 2.41. The van der Waals surface area contributed by atoms with Gasteiger partial charge in [-0.3, -0.25) is 4.79 Å². The summed E-state index contributed by atoms with van der Waals surface area (Å²) >= 11 is 0. The second-order valence-electron chi connectivity index (χ2n) is 9.05. The van der Waals surface area contributed by atoms with E-state index in [1.807, 2.05) is 55.4 Å². The first kappa shape index (κ1) is 23.4. The van der Waals surface area contributed by atoms with Gasteiger partial charge in [0.2, 0.25) is 0 Å². The second-order valence-corrected chi connectivity index (χ2v) is 9.05. The molecule has 0 atom stereocenters. The Morgan fingerprint density at radius 1 is 0.974 bits per heavy atom. The fourth-order valence-electron chi connectivity index (χ4n) is 4.61. The van der Waals surface area contributed by atoms with E-state index < -0.39 is 0 Å². The number of H-pyrrole nitrogens is 1. The summed E-state index contributed by atoms with van der Waals surface area (Å²) in [7, 11) is 5.48. The molecule has 2 N–H and O–H groups in total. The number of halogens is 1. The number of aromatic amines is 1. The van der Waals surface area contributed by atoms with Crippen molar-refractivity contribution in [3.63, 3.8) is 0 Å². The molecule has 3 heterocycles. The van der Waals surface area contributed by atoms with Gasteiger partial charge in [-0.05, 0) is 42.0 Å². The summed E-state index contributed by atoms with van der Waals surface area (Å²) < 4.78 is 19.8. The Balaban J connectivity index is 1.56. The summed E-state index contributed by atoms with van der Waals surface area (Å²) in [5.41, 5.74) is 6.35. The summed E-state index contributed by atoms with van der Waals surface area (Å²) in [4.78, 5) is 31.4. The zero-order valence-corrected chi connectivity index (χ0v) is 20.9. The van der Waals surface area contributed by atoms with Crippen LogP contribution in [0.4, 0.5) is 10.1 Å². The van der Waals surface area contributed by atoms with Crippen LogP contribution < -0.4 is 10.2 Å². The molecule has 6 aromatic rings. The summed E-state index contributed by atoms with van der Waals surface area (Å²) in [6, 6.07) is 17.8. The summed E-state index contributed by atoms with van der Waals surface area (Å²) in [6.07, 6.45) is 3.23. The molecule has 6 rings (SSSR count). The maximum absolute atomic E-state index is 13.6. The smallest absolute Gasteiger partial charge is 0.255 e. The van der Waals surface area contributed by atoms with E-state index in [9.17, 15) is 9.18 Å². The molecule has 0 radical (unpaired) electrons. The topological polar surface area (TPSA) is 99.9 Å². The summed E-state index contributed by atoms with van der Waals surface area (Å²) in [5.74, 6) is 0.396. The Hall–Kier alpha value is -5.05. The highest BCUT2D eigenvalue weighted by molar-refractivity contribution is 6.13. The van der Waals surface area contributed by atoms with Gasteiger partial charge in [0, 0.05) is 67.4 Å². The van der Waals surface area contributed by atoms with Crippen molar-refractivity contribution in [2.45, 2.75) is 0 Å². The number of rotatable bonds is 5. The number of anilines is 1. The van der Waals surface area contributed by atoms with Crippen LogP contribution in [0.1, 0.15) is 10.4 Å². The van der Waals surface area contributed by atoms with Gasteiger partial charge in [0.05, 0.1) is 5.56 Å². The molecule has 9 heteroatoms. The lowest BCUT2D eigenvalue weighted by atomic mass is 9.97. The van der Waals surface area contributed by atoms with Crippen molar-refractivity contribution in [2.24, 2.45) is 0 Å². The third-order valence-corrected chi connectivity index (χ3v) is 6.43. The second kappa shape index (κ2) is 9.11. The van der Waals surface area contributed by atoms with E-state index in [2.05, 4.69) is 25.3 Å². The number of nitrogens with zero attached hydrogens (tertiary/aromatic N) is 4. The van der Waals surface area contributed by atoms with Crippen molar-refractivity contribution in [1.82, 2.24) is 25.3 Å². The molecule has 0 bridgehead atoms. The summed E-state index contributed by atoms with van der Waals surface area (Å²) in [6.45, 7) is 0. The number of carbonyl (C=O) groups is 1. The molecule has 38 heavy (non-hydrogen) atoms. The zero-order valence-electron chi connectivity index (χ0n) is 20.9. The Morgan fingerprint density at radius 3 is 2.47 bits per heavy atom. The van der Waals surface area contributed by atoms with Crippen LogP contribution in [0.3, 0.4) is 0 Å². The standard InChI is InChI=1S/C29H23FN6O2/c1-31-29(37)24-21-14-20(17-5-4-6-18(13-17)26-34-27-28(35-26)33-12-11-32-27)22(36(2)3)15-23(21)38-25(24)16-7-9-19(30)10-8-16/h4-15H,1-3H3,(H,31,37)(H,32,33,34,35). The molecule has 0 saturated heterocycles. The van der Waals surface area contributed by atoms with Gasteiger partial charge in [0.15, 0.2) is 11.3 Å². The minimum atomic E-state index is -0.362. The third-order valence-electron chi connectivity index (χ3n) is 6.43. The number of fused-ring (bicyclic) bond motifs is 2. The summed E-state index contributed by atoms with van der Waals surface area (Å²) in [5, 5.41) is 3.37. The highest BCUT2D eigenvalue weighted by atomic mass is 19.1. The van der Waals surface area contributed by atoms with E-state index in [1.54, 1.807) is 31.6 Å². The number of hydrogen-bond donors (Lipinski definition) is 2. The maximum atomic E-state index is 13.6. The molecule has 0 fully saturated rings. The minimum Gasteiger partial charge on any atom is -0.455 e. The van der Waals surface area contributed by atoms with Gasteiger partial charge in [-0.2, -0.15) is 0 Å². The van der Waals surface area contributed by atoms with Gasteiger partial charge in [-0.1, -0.05) is 18.2 Å². The fraction of sp³-hybridized carbons (Fsp3) is 0.103. The largest absolute Gasteiger partial charge is 0.455 e. The number of benzene rings is 3. The maximum Gasteiger partial charge on any atom is 0.255 e. The number of hydrogen-bond acceptors (Lipinski definition) is 6. The van der Waals surface area contributed by atoms with Crippen LogP contribution in [-0.4, -0.2) is 47.0 Å². The van der Waals surface area contributed by atoms with E-state index in [0.29, 0.717) is 45.0 Å². The number of aromatic nitrogens is 4. The van der Waals surface area contributed by atoms with Gasteiger partial charge in [-0.15, -0.1) is 0 Å². The predicted octanol–water partition coefficient (Wildman–Crippen LogP) is 5.66. The molecule has 0 aliphatic carbocycles. The van der Waals surface area contributed by atoms with Crippen molar-refractivity contribution >= 4 is 33.9 Å². The molecule has 0 aliphatic rings. The molecule has 0 spiro atoms. The van der Waals surface area contributed by atoms with Gasteiger partial charge >= 0.3 is 0 Å². The molecule has 0 saturated carbocycles. The Labute approximate surface area is 217 Å². The van der Waals surface area contributed by atoms with Gasteiger partial charge < -0.3 is 19.6 Å².